The van der Waals surface area contributed by atoms with E-state index in [1.165, 1.54) is 0 Å². The van der Waals surface area contributed by atoms with E-state index in [1.54, 1.807) is 31.4 Å². The Morgan fingerprint density at radius 1 is 1.07 bits per heavy atom. The van der Waals surface area contributed by atoms with Gasteiger partial charge >= 0.3 is 0 Å². The van der Waals surface area contributed by atoms with Crippen LogP contribution in [0.5, 0.6) is 5.75 Å². The maximum absolute atomic E-state index is 12.4. The molecule has 0 fully saturated rings. The van der Waals surface area contributed by atoms with E-state index < -0.39 is 11.8 Å². The highest BCUT2D eigenvalue weighted by Crippen LogP contribution is 2.23. The number of nitrogens with one attached hydrogen (secondary N) is 1. The number of carbonyl (C=O) groups excluding carboxylic acids is 3. The third kappa shape index (κ3) is 3.89. The van der Waals surface area contributed by atoms with Crippen molar-refractivity contribution in [1.29, 1.82) is 0 Å². The third-order valence-electron chi connectivity index (χ3n) is 4.77. The van der Waals surface area contributed by atoms with Crippen molar-refractivity contribution in [2.24, 2.45) is 0 Å². The average molecular weight is 381 g/mol. The molecule has 0 saturated carbocycles. The molecule has 0 unspecified atom stereocenters. The zero-order chi connectivity index (χ0) is 20.3. The number of benzene rings is 2. The SMILES string of the molecule is COc1cccc([C@@H](CNC(=O)CN2C(=O)c3ccccc3C2=O)N(C)C)c1. The maximum atomic E-state index is 12.4. The lowest BCUT2D eigenvalue weighted by molar-refractivity contribution is -0.121. The van der Waals surface area contributed by atoms with Gasteiger partial charge in [-0.15, -0.1) is 0 Å². The molecule has 0 radical (unpaired) electrons. The molecule has 1 heterocycles. The van der Waals surface area contributed by atoms with Crippen LogP contribution in [-0.2, 0) is 4.79 Å². The van der Waals surface area contributed by atoms with Gasteiger partial charge < -0.3 is 15.0 Å². The van der Waals surface area contributed by atoms with Crippen LogP contribution in [0.2, 0.25) is 0 Å². The minimum Gasteiger partial charge on any atom is -0.497 e. The number of amides is 3. The number of nitrogens with zero attached hydrogens (tertiary/aromatic N) is 2. The fourth-order valence-electron chi connectivity index (χ4n) is 3.24. The first-order valence-corrected chi connectivity index (χ1v) is 8.94. The second-order valence-electron chi connectivity index (χ2n) is 6.80. The van der Waals surface area contributed by atoms with Gasteiger partial charge in [-0.05, 0) is 43.9 Å². The van der Waals surface area contributed by atoms with Crippen LogP contribution in [0.1, 0.15) is 32.3 Å². The zero-order valence-corrected chi connectivity index (χ0v) is 16.1. The van der Waals surface area contributed by atoms with Crippen LogP contribution in [0.25, 0.3) is 0 Å². The molecule has 1 N–H and O–H groups in total. The van der Waals surface area contributed by atoms with E-state index in [4.69, 9.17) is 4.74 Å². The highest BCUT2D eigenvalue weighted by Gasteiger charge is 2.36. The molecule has 7 nitrogen and oxygen atoms in total. The number of likely N-dealkylation sites (N-methyl/N-ethyl adjacent to an activating group) is 1. The van der Waals surface area contributed by atoms with Crippen molar-refractivity contribution in [3.05, 3.63) is 65.2 Å². The van der Waals surface area contributed by atoms with Crippen LogP contribution in [0.3, 0.4) is 0 Å². The summed E-state index contributed by atoms with van der Waals surface area (Å²) in [5, 5.41) is 2.83. The third-order valence-corrected chi connectivity index (χ3v) is 4.77. The molecule has 1 aliphatic heterocycles. The Morgan fingerprint density at radius 3 is 2.29 bits per heavy atom. The number of fused-ring (bicyclic) bond motifs is 1. The van der Waals surface area contributed by atoms with Gasteiger partial charge in [0.25, 0.3) is 11.8 Å². The molecular formula is C21H23N3O4. The van der Waals surface area contributed by atoms with Gasteiger partial charge in [0.05, 0.1) is 24.3 Å². The fraction of sp³-hybridized carbons (Fsp3) is 0.286. The lowest BCUT2D eigenvalue weighted by Crippen LogP contribution is -2.42. The molecule has 3 amide bonds. The molecular weight excluding hydrogens is 358 g/mol. The lowest BCUT2D eigenvalue weighted by Gasteiger charge is -2.26. The Hall–Kier alpha value is -3.19. The molecule has 2 aromatic carbocycles. The number of rotatable bonds is 7. The van der Waals surface area contributed by atoms with Gasteiger partial charge in [-0.25, -0.2) is 0 Å². The Bertz CT molecular complexity index is 875. The highest BCUT2D eigenvalue weighted by molar-refractivity contribution is 6.22. The zero-order valence-electron chi connectivity index (χ0n) is 16.1. The van der Waals surface area contributed by atoms with E-state index in [-0.39, 0.29) is 18.5 Å². The number of ether oxygens (including phenoxy) is 1. The first-order chi connectivity index (χ1) is 13.4. The summed E-state index contributed by atoms with van der Waals surface area (Å²) in [5.74, 6) is -0.522. The summed E-state index contributed by atoms with van der Waals surface area (Å²) in [6.45, 7) is 0.0345. The van der Waals surface area contributed by atoms with Crippen molar-refractivity contribution in [3.8, 4) is 5.75 Å². The van der Waals surface area contributed by atoms with Crippen molar-refractivity contribution in [2.75, 3.05) is 34.3 Å². The maximum Gasteiger partial charge on any atom is 0.262 e. The molecule has 1 aliphatic rings. The van der Waals surface area contributed by atoms with Crippen molar-refractivity contribution >= 4 is 17.7 Å². The molecule has 0 spiro atoms. The predicted octanol–water partition coefficient (Wildman–Crippen LogP) is 1.71. The molecule has 0 aromatic heterocycles. The second kappa shape index (κ2) is 8.22. The van der Waals surface area contributed by atoms with Gasteiger partial charge in [-0.3, -0.25) is 19.3 Å². The number of hydrogen-bond acceptors (Lipinski definition) is 5. The van der Waals surface area contributed by atoms with Crippen molar-refractivity contribution < 1.29 is 19.1 Å². The quantitative estimate of drug-likeness (QED) is 0.739. The van der Waals surface area contributed by atoms with Crippen LogP contribution in [0.15, 0.2) is 48.5 Å². The van der Waals surface area contributed by atoms with Crippen molar-refractivity contribution in [3.63, 3.8) is 0 Å². The Labute approximate surface area is 163 Å². The molecule has 2 aromatic rings. The van der Waals surface area contributed by atoms with Gasteiger partial charge in [0.15, 0.2) is 0 Å². The van der Waals surface area contributed by atoms with Gasteiger partial charge in [0, 0.05) is 6.54 Å². The molecule has 28 heavy (non-hydrogen) atoms. The van der Waals surface area contributed by atoms with Gasteiger partial charge in [0.1, 0.15) is 12.3 Å². The molecule has 146 valence electrons. The number of imide groups is 1. The molecule has 3 rings (SSSR count). The minimum atomic E-state index is -0.437. The van der Waals surface area contributed by atoms with Crippen LogP contribution in [0.4, 0.5) is 0 Å². The largest absolute Gasteiger partial charge is 0.497 e. The van der Waals surface area contributed by atoms with Gasteiger partial charge in [0.2, 0.25) is 5.91 Å². The monoisotopic (exact) mass is 381 g/mol. The number of methoxy groups -OCH3 is 1. The smallest absolute Gasteiger partial charge is 0.262 e. The second-order valence-corrected chi connectivity index (χ2v) is 6.80. The summed E-state index contributed by atoms with van der Waals surface area (Å²) in [6, 6.07) is 14.1. The Kier molecular flexibility index (Phi) is 5.75. The lowest BCUT2D eigenvalue weighted by atomic mass is 10.1. The van der Waals surface area contributed by atoms with Crippen LogP contribution >= 0.6 is 0 Å². The number of hydrogen-bond donors (Lipinski definition) is 1. The summed E-state index contributed by atoms with van der Waals surface area (Å²) < 4.78 is 5.27. The average Bonchev–Trinajstić information content (AvgIpc) is 2.93. The molecule has 1 atom stereocenters. The summed E-state index contributed by atoms with van der Waals surface area (Å²) in [7, 11) is 5.44. The van der Waals surface area contributed by atoms with E-state index in [1.807, 2.05) is 43.3 Å². The van der Waals surface area contributed by atoms with E-state index in [9.17, 15) is 14.4 Å². The Morgan fingerprint density at radius 2 is 1.71 bits per heavy atom. The first-order valence-electron chi connectivity index (χ1n) is 8.94. The van der Waals surface area contributed by atoms with Gasteiger partial charge in [-0.1, -0.05) is 24.3 Å². The van der Waals surface area contributed by atoms with Gasteiger partial charge in [-0.2, -0.15) is 0 Å². The molecule has 0 bridgehead atoms. The molecule has 0 saturated heterocycles. The fourth-order valence-corrected chi connectivity index (χ4v) is 3.24. The normalized spacial score (nSPS) is 14.2. The molecule has 7 heteroatoms. The van der Waals surface area contributed by atoms with Crippen LogP contribution < -0.4 is 10.1 Å². The number of carbonyl (C=O) groups is 3. The Balaban J connectivity index is 1.64. The summed E-state index contributed by atoms with van der Waals surface area (Å²) in [4.78, 5) is 40.2. The van der Waals surface area contributed by atoms with E-state index in [2.05, 4.69) is 5.32 Å². The van der Waals surface area contributed by atoms with E-state index in [0.29, 0.717) is 17.7 Å². The van der Waals surface area contributed by atoms with Crippen molar-refractivity contribution in [2.45, 2.75) is 6.04 Å². The van der Waals surface area contributed by atoms with E-state index in [0.717, 1.165) is 16.2 Å². The standard InChI is InChI=1S/C21H23N3O4/c1-23(2)18(14-7-6-8-15(11-14)28-3)12-22-19(25)13-24-20(26)16-9-4-5-10-17(16)21(24)27/h4-11,18H,12-13H2,1-3H3,(H,22,25)/t18-/m1/s1. The summed E-state index contributed by atoms with van der Waals surface area (Å²) in [5.41, 5.74) is 1.66. The summed E-state index contributed by atoms with van der Waals surface area (Å²) in [6.07, 6.45) is 0. The minimum absolute atomic E-state index is 0.0822. The highest BCUT2D eigenvalue weighted by atomic mass is 16.5. The summed E-state index contributed by atoms with van der Waals surface area (Å²) >= 11 is 0. The van der Waals surface area contributed by atoms with E-state index >= 15 is 0 Å². The predicted molar refractivity (Wildman–Crippen MR) is 104 cm³/mol. The van der Waals surface area contributed by atoms with Crippen LogP contribution in [0, 0.1) is 0 Å². The van der Waals surface area contributed by atoms with Crippen LogP contribution in [-0.4, -0.2) is 61.8 Å². The van der Waals surface area contributed by atoms with Crippen molar-refractivity contribution in [1.82, 2.24) is 15.1 Å². The first kappa shape index (κ1) is 19.6. The molecule has 0 aliphatic carbocycles. The topological polar surface area (TPSA) is 79.0 Å².